The van der Waals surface area contributed by atoms with E-state index in [2.05, 4.69) is 9.52 Å². The fraction of sp³-hybridized carbons (Fsp3) is 0.600. The van der Waals surface area contributed by atoms with E-state index in [0.717, 1.165) is 4.68 Å². The summed E-state index contributed by atoms with van der Waals surface area (Å²) in [5.74, 6) is -0.511. The van der Waals surface area contributed by atoms with Crippen molar-refractivity contribution in [1.29, 1.82) is 0 Å². The molecule has 0 spiro atoms. The van der Waals surface area contributed by atoms with Gasteiger partial charge in [0, 0.05) is 7.05 Å². The summed E-state index contributed by atoms with van der Waals surface area (Å²) in [6.07, 6.45) is 0.0231. The van der Waals surface area contributed by atoms with Gasteiger partial charge in [-0.05, 0) is 6.92 Å². The number of ether oxygens (including phenoxy) is 1. The van der Waals surface area contributed by atoms with Crippen molar-refractivity contribution in [2.24, 2.45) is 7.05 Å². The molecule has 0 N–H and O–H groups in total. The second-order valence-electron chi connectivity index (χ2n) is 1.69. The number of hydrogen-bond donors (Lipinski definition) is 0. The van der Waals surface area contributed by atoms with Crippen LogP contribution >= 0.6 is 0 Å². The van der Waals surface area contributed by atoms with Gasteiger partial charge in [0.15, 0.2) is 0 Å². The van der Waals surface area contributed by atoms with Gasteiger partial charge in [-0.3, -0.25) is 0 Å². The maximum Gasteiger partial charge on any atom is 0.439 e. The predicted molar refractivity (Wildman–Crippen MR) is 32.9 cm³/mol. The van der Waals surface area contributed by atoms with Crippen LogP contribution in [0.4, 0.5) is 0 Å². The van der Waals surface area contributed by atoms with Gasteiger partial charge in [-0.25, -0.2) is 4.79 Å². The van der Waals surface area contributed by atoms with Gasteiger partial charge in [0.2, 0.25) is 0 Å². The van der Waals surface area contributed by atoms with Crippen LogP contribution in [-0.2, 0) is 7.05 Å². The van der Waals surface area contributed by atoms with E-state index in [4.69, 9.17) is 4.74 Å². The topological polar surface area (TPSA) is 57.3 Å². The average Bonchev–Trinajstić information content (AvgIpc) is 2.14. The van der Waals surface area contributed by atoms with Crippen molar-refractivity contribution in [2.45, 2.75) is 6.92 Å². The molecule has 1 rings (SSSR count). The van der Waals surface area contributed by atoms with Crippen molar-refractivity contribution in [2.75, 3.05) is 6.61 Å². The second-order valence-corrected chi connectivity index (χ2v) is 1.69. The molecule has 1 aromatic rings. The quantitative estimate of drug-likeness (QED) is 0.575. The number of nitrogens with zero attached hydrogens (tertiary/aromatic N) is 2. The SMILES string of the molecule is CCOc1nn(C)c(=O)o1. The number of aryl methyl sites for hydroxylation is 1. The van der Waals surface area contributed by atoms with Crippen LogP contribution in [0.3, 0.4) is 0 Å². The van der Waals surface area contributed by atoms with Gasteiger partial charge in [0.1, 0.15) is 0 Å². The highest BCUT2D eigenvalue weighted by molar-refractivity contribution is 4.78. The molecule has 0 unspecified atom stereocenters. The summed E-state index contributed by atoms with van der Waals surface area (Å²) >= 11 is 0. The summed E-state index contributed by atoms with van der Waals surface area (Å²) in [4.78, 5) is 10.6. The zero-order valence-corrected chi connectivity index (χ0v) is 5.83. The maximum absolute atomic E-state index is 10.6. The van der Waals surface area contributed by atoms with E-state index in [1.807, 2.05) is 0 Å². The van der Waals surface area contributed by atoms with Gasteiger partial charge in [-0.1, -0.05) is 5.10 Å². The molecular formula is C5H8N2O3. The molecule has 5 heteroatoms. The Kier molecular flexibility index (Phi) is 1.75. The highest BCUT2D eigenvalue weighted by atomic mass is 16.6. The van der Waals surface area contributed by atoms with Crippen molar-refractivity contribution < 1.29 is 9.15 Å². The van der Waals surface area contributed by atoms with Crippen LogP contribution in [0.25, 0.3) is 0 Å². The largest absolute Gasteiger partial charge is 0.449 e. The van der Waals surface area contributed by atoms with Gasteiger partial charge >= 0.3 is 11.8 Å². The van der Waals surface area contributed by atoms with Crippen molar-refractivity contribution in [3.63, 3.8) is 0 Å². The Hall–Kier alpha value is -1.26. The average molecular weight is 144 g/mol. The van der Waals surface area contributed by atoms with E-state index >= 15 is 0 Å². The first kappa shape index (κ1) is 6.85. The van der Waals surface area contributed by atoms with E-state index in [0.29, 0.717) is 6.61 Å². The molecule has 0 aliphatic heterocycles. The van der Waals surface area contributed by atoms with Gasteiger partial charge in [0.25, 0.3) is 0 Å². The highest BCUT2D eigenvalue weighted by Crippen LogP contribution is 1.98. The second kappa shape index (κ2) is 2.55. The summed E-state index contributed by atoms with van der Waals surface area (Å²) in [6, 6.07) is 0. The van der Waals surface area contributed by atoms with Gasteiger partial charge < -0.3 is 9.15 Å². The third-order valence-corrected chi connectivity index (χ3v) is 0.938. The van der Waals surface area contributed by atoms with Gasteiger partial charge in [-0.15, -0.1) is 0 Å². The Bertz CT molecular complexity index is 262. The standard InChI is InChI=1S/C5H8N2O3/c1-3-9-4-6-7(2)5(8)10-4/h3H2,1-2H3. The predicted octanol–water partition coefficient (Wildman–Crippen LogP) is -0.228. The molecule has 0 atom stereocenters. The fourth-order valence-electron chi connectivity index (χ4n) is 0.506. The molecule has 1 heterocycles. The first-order valence-electron chi connectivity index (χ1n) is 2.91. The Balaban J connectivity index is 2.88. The molecule has 56 valence electrons. The molecule has 0 aliphatic rings. The van der Waals surface area contributed by atoms with Gasteiger partial charge in [0.05, 0.1) is 6.61 Å². The van der Waals surface area contributed by atoms with Crippen LogP contribution in [0.5, 0.6) is 6.08 Å². The smallest absolute Gasteiger partial charge is 0.439 e. The summed E-state index contributed by atoms with van der Waals surface area (Å²) in [7, 11) is 1.49. The summed E-state index contributed by atoms with van der Waals surface area (Å²) in [5.41, 5.74) is 0. The molecule has 0 amide bonds. The minimum absolute atomic E-state index is 0.0231. The molecule has 0 bridgehead atoms. The van der Waals surface area contributed by atoms with E-state index in [9.17, 15) is 4.79 Å². The highest BCUT2D eigenvalue weighted by Gasteiger charge is 2.02. The molecular weight excluding hydrogens is 136 g/mol. The summed E-state index contributed by atoms with van der Waals surface area (Å²) < 4.78 is 10.4. The molecule has 0 radical (unpaired) electrons. The number of rotatable bonds is 2. The normalized spacial score (nSPS) is 9.80. The van der Waals surface area contributed by atoms with E-state index in [1.165, 1.54) is 7.05 Å². The van der Waals surface area contributed by atoms with Gasteiger partial charge in [-0.2, -0.15) is 4.68 Å². The van der Waals surface area contributed by atoms with E-state index in [1.54, 1.807) is 6.92 Å². The van der Waals surface area contributed by atoms with Crippen molar-refractivity contribution >= 4 is 0 Å². The lowest BCUT2D eigenvalue weighted by Gasteiger charge is -1.89. The summed E-state index contributed by atoms with van der Waals surface area (Å²) in [5, 5.41) is 3.62. The molecule has 5 nitrogen and oxygen atoms in total. The molecule has 0 saturated heterocycles. The number of aromatic nitrogens is 2. The third kappa shape index (κ3) is 1.18. The van der Waals surface area contributed by atoms with Crippen LogP contribution in [0, 0.1) is 0 Å². The van der Waals surface area contributed by atoms with Crippen LogP contribution in [-0.4, -0.2) is 16.4 Å². The van der Waals surface area contributed by atoms with E-state index < -0.39 is 5.76 Å². The molecule has 10 heavy (non-hydrogen) atoms. The summed E-state index contributed by atoms with van der Waals surface area (Å²) in [6.45, 7) is 2.23. The number of hydrogen-bond acceptors (Lipinski definition) is 4. The first-order chi connectivity index (χ1) is 4.74. The Labute approximate surface area is 57.2 Å². The lowest BCUT2D eigenvalue weighted by molar-refractivity contribution is 0.238. The van der Waals surface area contributed by atoms with Crippen molar-refractivity contribution in [3.8, 4) is 6.08 Å². The van der Waals surface area contributed by atoms with Crippen molar-refractivity contribution in [1.82, 2.24) is 9.78 Å². The lowest BCUT2D eigenvalue weighted by Crippen LogP contribution is -2.09. The zero-order valence-electron chi connectivity index (χ0n) is 5.83. The third-order valence-electron chi connectivity index (χ3n) is 0.938. The first-order valence-corrected chi connectivity index (χ1v) is 2.91. The Morgan fingerprint density at radius 1 is 1.80 bits per heavy atom. The van der Waals surface area contributed by atoms with Crippen LogP contribution in [0.15, 0.2) is 9.21 Å². The van der Waals surface area contributed by atoms with Crippen LogP contribution < -0.4 is 10.5 Å². The minimum Gasteiger partial charge on any atom is -0.449 e. The fourth-order valence-corrected chi connectivity index (χ4v) is 0.506. The minimum atomic E-state index is -0.511. The van der Waals surface area contributed by atoms with Crippen molar-refractivity contribution in [3.05, 3.63) is 10.6 Å². The lowest BCUT2D eigenvalue weighted by atomic mass is 10.9. The Morgan fingerprint density at radius 2 is 2.50 bits per heavy atom. The molecule has 0 aromatic carbocycles. The van der Waals surface area contributed by atoms with Crippen LogP contribution in [0.1, 0.15) is 6.92 Å². The molecule has 1 aromatic heterocycles. The molecule has 0 aliphatic carbocycles. The molecule has 0 saturated carbocycles. The zero-order chi connectivity index (χ0) is 7.56. The monoisotopic (exact) mass is 144 g/mol. The maximum atomic E-state index is 10.6. The molecule has 0 fully saturated rings. The van der Waals surface area contributed by atoms with E-state index in [-0.39, 0.29) is 6.08 Å². The Morgan fingerprint density at radius 3 is 2.90 bits per heavy atom. The van der Waals surface area contributed by atoms with Crippen LogP contribution in [0.2, 0.25) is 0 Å².